The van der Waals surface area contributed by atoms with E-state index in [9.17, 15) is 0 Å². The van der Waals surface area contributed by atoms with Gasteiger partial charge in [0.1, 0.15) is 12.2 Å². The van der Waals surface area contributed by atoms with E-state index in [-0.39, 0.29) is 0 Å². The fourth-order valence-corrected chi connectivity index (χ4v) is 1.87. The molecule has 0 bridgehead atoms. The number of hydrogen-bond donors (Lipinski definition) is 0. The van der Waals surface area contributed by atoms with Crippen molar-refractivity contribution in [1.29, 1.82) is 0 Å². The van der Waals surface area contributed by atoms with Crippen LogP contribution in [-0.4, -0.2) is 20.6 Å². The Bertz CT molecular complexity index is 270. The maximum Gasteiger partial charge on any atom is 0.138 e. The highest BCUT2D eigenvalue weighted by Gasteiger charge is 2.13. The summed E-state index contributed by atoms with van der Waals surface area (Å²) < 4.78 is 1.82. The molecule has 1 unspecified atom stereocenters. The minimum atomic E-state index is 0.513. The Morgan fingerprint density at radius 1 is 1.50 bits per heavy atom. The molecule has 0 spiro atoms. The lowest BCUT2D eigenvalue weighted by molar-refractivity contribution is 0.428. The van der Waals surface area contributed by atoms with Crippen LogP contribution in [-0.2, 0) is 13.5 Å². The highest BCUT2D eigenvalue weighted by Crippen LogP contribution is 2.17. The van der Waals surface area contributed by atoms with Crippen molar-refractivity contribution in [2.75, 3.05) is 5.88 Å². The molecule has 4 heteroatoms. The average Bonchev–Trinajstić information content (AvgIpc) is 2.50. The van der Waals surface area contributed by atoms with Gasteiger partial charge in [-0.05, 0) is 18.3 Å². The number of hydrogen-bond acceptors (Lipinski definition) is 2. The molecular formula is C10H18ClN3. The van der Waals surface area contributed by atoms with Crippen LogP contribution in [0.3, 0.4) is 0 Å². The lowest BCUT2D eigenvalue weighted by Crippen LogP contribution is -2.13. The molecule has 80 valence electrons. The summed E-state index contributed by atoms with van der Waals surface area (Å²) in [6.07, 6.45) is 3.67. The second kappa shape index (κ2) is 5.35. The maximum absolute atomic E-state index is 5.92. The fraction of sp³-hybridized carbons (Fsp3) is 0.800. The van der Waals surface area contributed by atoms with E-state index in [0.29, 0.717) is 17.7 Å². The second-order valence-electron chi connectivity index (χ2n) is 4.15. The zero-order chi connectivity index (χ0) is 10.6. The van der Waals surface area contributed by atoms with Gasteiger partial charge in [-0.1, -0.05) is 13.8 Å². The molecule has 1 aromatic heterocycles. The van der Waals surface area contributed by atoms with Crippen molar-refractivity contribution < 1.29 is 0 Å². The zero-order valence-corrected chi connectivity index (χ0v) is 9.83. The Morgan fingerprint density at radius 3 is 2.64 bits per heavy atom. The molecule has 0 N–H and O–H groups in total. The summed E-state index contributed by atoms with van der Waals surface area (Å²) in [5.41, 5.74) is 0. The molecule has 0 aliphatic rings. The Kier molecular flexibility index (Phi) is 4.39. The van der Waals surface area contributed by atoms with E-state index in [1.807, 2.05) is 11.7 Å². The van der Waals surface area contributed by atoms with Crippen molar-refractivity contribution in [3.8, 4) is 0 Å². The van der Waals surface area contributed by atoms with Crippen molar-refractivity contribution in [3.63, 3.8) is 0 Å². The van der Waals surface area contributed by atoms with Gasteiger partial charge in [-0.15, -0.1) is 11.6 Å². The van der Waals surface area contributed by atoms with Crippen LogP contribution in [0.15, 0.2) is 6.33 Å². The molecule has 3 nitrogen and oxygen atoms in total. The SMILES string of the molecule is CC(C)CC(CCl)Cc1ncnn1C. The smallest absolute Gasteiger partial charge is 0.138 e. The number of nitrogens with zero attached hydrogens (tertiary/aromatic N) is 3. The van der Waals surface area contributed by atoms with E-state index >= 15 is 0 Å². The first kappa shape index (κ1) is 11.5. The Balaban J connectivity index is 2.52. The van der Waals surface area contributed by atoms with Crippen molar-refractivity contribution in [2.45, 2.75) is 26.7 Å². The monoisotopic (exact) mass is 215 g/mol. The van der Waals surface area contributed by atoms with Gasteiger partial charge in [0.15, 0.2) is 0 Å². The molecular weight excluding hydrogens is 198 g/mol. The van der Waals surface area contributed by atoms with Crippen LogP contribution in [0.4, 0.5) is 0 Å². The van der Waals surface area contributed by atoms with Crippen molar-refractivity contribution in [3.05, 3.63) is 12.2 Å². The van der Waals surface area contributed by atoms with Crippen molar-refractivity contribution in [1.82, 2.24) is 14.8 Å². The third-order valence-electron chi connectivity index (χ3n) is 2.30. The summed E-state index contributed by atoms with van der Waals surface area (Å²) in [7, 11) is 1.92. The summed E-state index contributed by atoms with van der Waals surface area (Å²) in [4.78, 5) is 4.20. The fourth-order valence-electron chi connectivity index (χ4n) is 1.63. The second-order valence-corrected chi connectivity index (χ2v) is 4.46. The molecule has 0 saturated carbocycles. The van der Waals surface area contributed by atoms with Crippen molar-refractivity contribution in [2.24, 2.45) is 18.9 Å². The lowest BCUT2D eigenvalue weighted by atomic mass is 9.95. The molecule has 1 atom stereocenters. The molecule has 0 amide bonds. The molecule has 14 heavy (non-hydrogen) atoms. The van der Waals surface area contributed by atoms with E-state index in [0.717, 1.165) is 18.7 Å². The third kappa shape index (κ3) is 3.29. The van der Waals surface area contributed by atoms with Gasteiger partial charge in [0.05, 0.1) is 0 Å². The average molecular weight is 216 g/mol. The first-order chi connectivity index (χ1) is 6.63. The summed E-state index contributed by atoms with van der Waals surface area (Å²) in [5.74, 6) is 2.92. The van der Waals surface area contributed by atoms with Gasteiger partial charge in [0, 0.05) is 19.3 Å². The Labute approximate surface area is 90.5 Å². The topological polar surface area (TPSA) is 30.7 Å². The minimum Gasteiger partial charge on any atom is -0.253 e. The quantitative estimate of drug-likeness (QED) is 0.706. The predicted octanol–water partition coefficient (Wildman–Crippen LogP) is 2.26. The highest BCUT2D eigenvalue weighted by atomic mass is 35.5. The zero-order valence-electron chi connectivity index (χ0n) is 9.07. The van der Waals surface area contributed by atoms with E-state index in [2.05, 4.69) is 23.9 Å². The predicted molar refractivity (Wildman–Crippen MR) is 58.4 cm³/mol. The van der Waals surface area contributed by atoms with Crippen LogP contribution in [0, 0.1) is 11.8 Å². The summed E-state index contributed by atoms with van der Waals surface area (Å²) >= 11 is 5.92. The van der Waals surface area contributed by atoms with Gasteiger partial charge in [-0.3, -0.25) is 4.68 Å². The van der Waals surface area contributed by atoms with Crippen LogP contribution in [0.25, 0.3) is 0 Å². The third-order valence-corrected chi connectivity index (χ3v) is 2.74. The number of alkyl halides is 1. The Hall–Kier alpha value is -0.570. The van der Waals surface area contributed by atoms with E-state index in [1.165, 1.54) is 0 Å². The summed E-state index contributed by atoms with van der Waals surface area (Å²) in [6, 6.07) is 0. The van der Waals surface area contributed by atoms with Crippen LogP contribution in [0.2, 0.25) is 0 Å². The first-order valence-corrected chi connectivity index (χ1v) is 5.55. The number of aromatic nitrogens is 3. The molecule has 0 radical (unpaired) electrons. The standard InChI is InChI=1S/C10H18ClN3/c1-8(2)4-9(6-11)5-10-12-7-13-14(10)3/h7-9H,4-6H2,1-3H3. The van der Waals surface area contributed by atoms with E-state index in [1.54, 1.807) is 6.33 Å². The normalized spacial score (nSPS) is 13.5. The molecule has 0 aliphatic heterocycles. The van der Waals surface area contributed by atoms with Crippen LogP contribution in [0.1, 0.15) is 26.1 Å². The molecule has 1 rings (SSSR count). The molecule has 0 aliphatic carbocycles. The van der Waals surface area contributed by atoms with Gasteiger partial charge in [0.25, 0.3) is 0 Å². The molecule has 1 aromatic rings. The van der Waals surface area contributed by atoms with E-state index < -0.39 is 0 Å². The molecule has 1 heterocycles. The van der Waals surface area contributed by atoms with Crippen LogP contribution < -0.4 is 0 Å². The van der Waals surface area contributed by atoms with Gasteiger partial charge in [-0.2, -0.15) is 5.10 Å². The number of aryl methyl sites for hydroxylation is 1. The lowest BCUT2D eigenvalue weighted by Gasteiger charge is -2.15. The number of halogens is 1. The molecule has 0 aromatic carbocycles. The highest BCUT2D eigenvalue weighted by molar-refractivity contribution is 6.18. The van der Waals surface area contributed by atoms with E-state index in [4.69, 9.17) is 11.6 Å². The van der Waals surface area contributed by atoms with Crippen LogP contribution in [0.5, 0.6) is 0 Å². The van der Waals surface area contributed by atoms with Gasteiger partial charge < -0.3 is 0 Å². The van der Waals surface area contributed by atoms with Crippen molar-refractivity contribution >= 4 is 11.6 Å². The largest absolute Gasteiger partial charge is 0.253 e. The summed E-state index contributed by atoms with van der Waals surface area (Å²) in [6.45, 7) is 4.44. The number of rotatable bonds is 5. The summed E-state index contributed by atoms with van der Waals surface area (Å²) in [5, 5.41) is 4.05. The first-order valence-electron chi connectivity index (χ1n) is 5.02. The van der Waals surface area contributed by atoms with Gasteiger partial charge >= 0.3 is 0 Å². The minimum absolute atomic E-state index is 0.513. The van der Waals surface area contributed by atoms with Gasteiger partial charge in [0.2, 0.25) is 0 Å². The molecule has 0 saturated heterocycles. The Morgan fingerprint density at radius 2 is 2.21 bits per heavy atom. The maximum atomic E-state index is 5.92. The molecule has 0 fully saturated rings. The van der Waals surface area contributed by atoms with Crippen LogP contribution >= 0.6 is 11.6 Å². The van der Waals surface area contributed by atoms with Gasteiger partial charge in [-0.25, -0.2) is 4.98 Å².